The van der Waals surface area contributed by atoms with E-state index >= 15 is 0 Å². The smallest absolute Gasteiger partial charge is 0.222 e. The number of amides is 1. The number of hydrogen-bond acceptors (Lipinski definition) is 2. The molecule has 1 heterocycles. The molecule has 0 spiro atoms. The lowest BCUT2D eigenvalue weighted by molar-refractivity contribution is -0.128. The van der Waals surface area contributed by atoms with Crippen LogP contribution < -0.4 is 5.32 Å². The molecular formula is C17H32N2O. The first-order valence-corrected chi connectivity index (χ1v) is 8.63. The third kappa shape index (κ3) is 3.97. The summed E-state index contributed by atoms with van der Waals surface area (Å²) < 4.78 is 0. The van der Waals surface area contributed by atoms with E-state index in [9.17, 15) is 4.79 Å². The van der Waals surface area contributed by atoms with Crippen LogP contribution in [0.2, 0.25) is 0 Å². The molecule has 2 aliphatic rings. The van der Waals surface area contributed by atoms with Crippen LogP contribution in [0.15, 0.2) is 0 Å². The van der Waals surface area contributed by atoms with Gasteiger partial charge in [-0.25, -0.2) is 0 Å². The van der Waals surface area contributed by atoms with Crippen molar-refractivity contribution in [3.05, 3.63) is 0 Å². The third-order valence-corrected chi connectivity index (χ3v) is 5.23. The molecule has 1 N–H and O–H groups in total. The van der Waals surface area contributed by atoms with Gasteiger partial charge in [-0.05, 0) is 43.6 Å². The van der Waals surface area contributed by atoms with Gasteiger partial charge in [-0.15, -0.1) is 0 Å². The van der Waals surface area contributed by atoms with Crippen LogP contribution in [0.5, 0.6) is 0 Å². The van der Waals surface area contributed by atoms with E-state index in [1.54, 1.807) is 0 Å². The second-order valence-electron chi connectivity index (χ2n) is 7.11. The molecule has 0 aromatic heterocycles. The van der Waals surface area contributed by atoms with E-state index < -0.39 is 0 Å². The van der Waals surface area contributed by atoms with Gasteiger partial charge in [0.15, 0.2) is 0 Å². The average molecular weight is 280 g/mol. The van der Waals surface area contributed by atoms with Crippen LogP contribution >= 0.6 is 0 Å². The zero-order chi connectivity index (χ0) is 14.5. The predicted molar refractivity (Wildman–Crippen MR) is 83.6 cm³/mol. The molecule has 0 radical (unpaired) electrons. The first-order valence-electron chi connectivity index (χ1n) is 8.63. The summed E-state index contributed by atoms with van der Waals surface area (Å²) >= 11 is 0. The zero-order valence-electron chi connectivity index (χ0n) is 13.5. The Morgan fingerprint density at radius 2 is 1.95 bits per heavy atom. The molecule has 116 valence electrons. The van der Waals surface area contributed by atoms with Crippen molar-refractivity contribution < 1.29 is 4.79 Å². The first-order chi connectivity index (χ1) is 9.61. The summed E-state index contributed by atoms with van der Waals surface area (Å²) in [4.78, 5) is 14.3. The molecule has 0 aromatic rings. The second kappa shape index (κ2) is 7.44. The van der Waals surface area contributed by atoms with Gasteiger partial charge in [-0.3, -0.25) is 4.79 Å². The Hall–Kier alpha value is -0.570. The summed E-state index contributed by atoms with van der Waals surface area (Å²) in [5.41, 5.74) is 0. The van der Waals surface area contributed by atoms with Crippen molar-refractivity contribution in [2.45, 2.75) is 65.3 Å². The molecule has 3 heteroatoms. The van der Waals surface area contributed by atoms with Gasteiger partial charge in [0.25, 0.3) is 0 Å². The third-order valence-electron chi connectivity index (χ3n) is 5.23. The summed E-state index contributed by atoms with van der Waals surface area (Å²) in [6.45, 7) is 9.70. The van der Waals surface area contributed by atoms with Gasteiger partial charge < -0.3 is 10.2 Å². The maximum absolute atomic E-state index is 12.2. The van der Waals surface area contributed by atoms with Crippen molar-refractivity contribution in [1.82, 2.24) is 10.2 Å². The van der Waals surface area contributed by atoms with Crippen LogP contribution in [0.3, 0.4) is 0 Å². The number of nitrogens with one attached hydrogen (secondary N) is 1. The highest BCUT2D eigenvalue weighted by molar-refractivity contribution is 5.78. The molecule has 1 saturated carbocycles. The van der Waals surface area contributed by atoms with Crippen molar-refractivity contribution in [3.63, 3.8) is 0 Å². The molecule has 0 aromatic carbocycles. The Morgan fingerprint density at radius 3 is 2.50 bits per heavy atom. The minimum absolute atomic E-state index is 0.380. The van der Waals surface area contributed by atoms with Gasteiger partial charge in [0.05, 0.1) is 0 Å². The lowest BCUT2D eigenvalue weighted by Gasteiger charge is -2.29. The number of hydrogen-bond donors (Lipinski definition) is 1. The van der Waals surface area contributed by atoms with Crippen molar-refractivity contribution in [1.29, 1.82) is 0 Å². The lowest BCUT2D eigenvalue weighted by atomic mass is 9.95. The summed E-state index contributed by atoms with van der Waals surface area (Å²) in [5, 5.41) is 3.71. The highest BCUT2D eigenvalue weighted by atomic mass is 16.2. The van der Waals surface area contributed by atoms with Gasteiger partial charge in [-0.1, -0.05) is 33.6 Å². The van der Waals surface area contributed by atoms with Crippen LogP contribution in [-0.4, -0.2) is 36.5 Å². The maximum atomic E-state index is 12.2. The van der Waals surface area contributed by atoms with Crippen LogP contribution in [0.1, 0.15) is 59.3 Å². The van der Waals surface area contributed by atoms with Gasteiger partial charge >= 0.3 is 0 Å². The molecule has 2 fully saturated rings. The maximum Gasteiger partial charge on any atom is 0.222 e. The topological polar surface area (TPSA) is 32.3 Å². The normalized spacial score (nSPS) is 25.9. The Labute approximate surface area is 124 Å². The summed E-state index contributed by atoms with van der Waals surface area (Å²) in [5.74, 6) is 2.35. The molecule has 1 aliphatic heterocycles. The highest BCUT2D eigenvalue weighted by Gasteiger charge is 2.34. The van der Waals surface area contributed by atoms with Crippen LogP contribution in [0, 0.1) is 17.8 Å². The fourth-order valence-corrected chi connectivity index (χ4v) is 3.73. The highest BCUT2D eigenvalue weighted by Crippen LogP contribution is 2.30. The summed E-state index contributed by atoms with van der Waals surface area (Å²) in [6, 6.07) is 0.521. The quantitative estimate of drug-likeness (QED) is 0.777. The molecule has 1 aliphatic carbocycles. The largest absolute Gasteiger partial charge is 0.341 e. The molecular weight excluding hydrogens is 248 g/mol. The van der Waals surface area contributed by atoms with Crippen molar-refractivity contribution in [2.24, 2.45) is 17.8 Å². The van der Waals surface area contributed by atoms with Gasteiger partial charge in [0.1, 0.15) is 0 Å². The lowest BCUT2D eigenvalue weighted by Crippen LogP contribution is -2.46. The monoisotopic (exact) mass is 280 g/mol. The number of nitrogens with zero attached hydrogens (tertiary/aromatic N) is 1. The molecule has 20 heavy (non-hydrogen) atoms. The zero-order valence-corrected chi connectivity index (χ0v) is 13.5. The molecule has 1 saturated heterocycles. The minimum Gasteiger partial charge on any atom is -0.341 e. The average Bonchev–Trinajstić information content (AvgIpc) is 3.04. The van der Waals surface area contributed by atoms with E-state index in [1.807, 2.05) is 0 Å². The number of carbonyl (C=O) groups excluding carboxylic acids is 1. The summed E-state index contributed by atoms with van der Waals surface area (Å²) in [6.07, 6.45) is 7.37. The van der Waals surface area contributed by atoms with E-state index in [0.717, 1.165) is 32.0 Å². The van der Waals surface area contributed by atoms with Crippen LogP contribution in [-0.2, 0) is 4.79 Å². The Bertz CT molecular complexity index is 310. The first kappa shape index (κ1) is 15.8. The van der Waals surface area contributed by atoms with Crippen molar-refractivity contribution in [3.8, 4) is 0 Å². The molecule has 2 atom stereocenters. The molecule has 2 unspecified atom stereocenters. The Kier molecular flexibility index (Phi) is 5.88. The molecule has 0 bridgehead atoms. The fraction of sp³-hybridized carbons (Fsp3) is 0.941. The standard InChI is InChI=1S/C17H32N2O/c1-4-9-18-16(14-7-5-6-8-14)12-19-11-15(13(2)3)10-17(19)20/h13-16,18H,4-12H2,1-3H3. The second-order valence-corrected chi connectivity index (χ2v) is 7.11. The van der Waals surface area contributed by atoms with E-state index in [4.69, 9.17) is 0 Å². The molecule has 3 nitrogen and oxygen atoms in total. The van der Waals surface area contributed by atoms with Crippen molar-refractivity contribution in [2.75, 3.05) is 19.6 Å². The van der Waals surface area contributed by atoms with E-state index in [2.05, 4.69) is 31.0 Å². The van der Waals surface area contributed by atoms with Gasteiger partial charge in [0, 0.05) is 25.6 Å². The molecule has 2 rings (SSSR count). The number of rotatable bonds is 7. The van der Waals surface area contributed by atoms with Crippen LogP contribution in [0.4, 0.5) is 0 Å². The minimum atomic E-state index is 0.380. The van der Waals surface area contributed by atoms with Gasteiger partial charge in [0.2, 0.25) is 5.91 Å². The summed E-state index contributed by atoms with van der Waals surface area (Å²) in [7, 11) is 0. The number of likely N-dealkylation sites (tertiary alicyclic amines) is 1. The van der Waals surface area contributed by atoms with E-state index in [0.29, 0.717) is 23.8 Å². The fourth-order valence-electron chi connectivity index (χ4n) is 3.73. The van der Waals surface area contributed by atoms with Gasteiger partial charge in [-0.2, -0.15) is 0 Å². The van der Waals surface area contributed by atoms with Crippen LogP contribution in [0.25, 0.3) is 0 Å². The predicted octanol–water partition coefficient (Wildman–Crippen LogP) is 3.05. The Morgan fingerprint density at radius 1 is 1.25 bits per heavy atom. The van der Waals surface area contributed by atoms with E-state index in [-0.39, 0.29) is 0 Å². The molecule has 1 amide bonds. The van der Waals surface area contributed by atoms with E-state index in [1.165, 1.54) is 32.1 Å². The SMILES string of the molecule is CCCNC(CN1CC(C(C)C)CC1=O)C1CCCC1. The Balaban J connectivity index is 1.91. The number of carbonyl (C=O) groups is 1. The van der Waals surface area contributed by atoms with Crippen molar-refractivity contribution >= 4 is 5.91 Å².